The number of nitriles is 1. The van der Waals surface area contributed by atoms with Gasteiger partial charge in [0, 0.05) is 6.54 Å². The van der Waals surface area contributed by atoms with E-state index in [4.69, 9.17) is 5.26 Å². The van der Waals surface area contributed by atoms with Crippen molar-refractivity contribution < 1.29 is 4.79 Å². The van der Waals surface area contributed by atoms with E-state index in [1.807, 2.05) is 37.3 Å². The summed E-state index contributed by atoms with van der Waals surface area (Å²) in [6.07, 6.45) is 3.14. The van der Waals surface area contributed by atoms with E-state index in [0.29, 0.717) is 6.54 Å². The third-order valence-corrected chi connectivity index (χ3v) is 2.13. The third-order valence-electron chi connectivity index (χ3n) is 2.13. The number of benzene rings is 1. The van der Waals surface area contributed by atoms with E-state index in [2.05, 4.69) is 11.9 Å². The predicted octanol–water partition coefficient (Wildman–Crippen LogP) is 2.20. The van der Waals surface area contributed by atoms with Crippen molar-refractivity contribution in [3.05, 3.63) is 53.6 Å². The van der Waals surface area contributed by atoms with Crippen LogP contribution in [0.5, 0.6) is 0 Å². The molecule has 0 aliphatic carbocycles. The van der Waals surface area contributed by atoms with Crippen molar-refractivity contribution in [2.24, 2.45) is 0 Å². The number of rotatable bonds is 4. The smallest absolute Gasteiger partial charge is 0.262 e. The first kappa shape index (κ1) is 12.7. The molecule has 0 fully saturated rings. The molecule has 0 heterocycles. The van der Waals surface area contributed by atoms with Crippen LogP contribution in [-0.2, 0) is 4.79 Å². The Bertz CT molecular complexity index is 495. The highest BCUT2D eigenvalue weighted by atomic mass is 16.1. The lowest BCUT2D eigenvalue weighted by atomic mass is 10.1. The molecule has 0 aromatic heterocycles. The molecule has 3 heteroatoms. The van der Waals surface area contributed by atoms with Crippen LogP contribution in [0, 0.1) is 18.3 Å². The van der Waals surface area contributed by atoms with E-state index < -0.39 is 0 Å². The van der Waals surface area contributed by atoms with E-state index in [-0.39, 0.29) is 11.5 Å². The Labute approximate surface area is 101 Å². The quantitative estimate of drug-likeness (QED) is 0.486. The largest absolute Gasteiger partial charge is 0.348 e. The van der Waals surface area contributed by atoms with Gasteiger partial charge in [0.25, 0.3) is 5.91 Å². The Kier molecular flexibility index (Phi) is 4.71. The molecule has 0 saturated carbocycles. The van der Waals surface area contributed by atoms with Crippen LogP contribution in [0.2, 0.25) is 0 Å². The van der Waals surface area contributed by atoms with Crippen LogP contribution in [0.3, 0.4) is 0 Å². The van der Waals surface area contributed by atoms with Gasteiger partial charge in [-0.05, 0) is 18.6 Å². The fraction of sp³-hybridized carbons (Fsp3) is 0.143. The summed E-state index contributed by atoms with van der Waals surface area (Å²) in [6, 6.07) is 9.51. The number of nitrogens with one attached hydrogen (secondary N) is 1. The van der Waals surface area contributed by atoms with Crippen molar-refractivity contribution in [3.8, 4) is 6.07 Å². The zero-order valence-electron chi connectivity index (χ0n) is 9.73. The van der Waals surface area contributed by atoms with Crippen molar-refractivity contribution in [2.75, 3.05) is 6.54 Å². The molecule has 0 aliphatic heterocycles. The maximum absolute atomic E-state index is 11.6. The molecule has 86 valence electrons. The molecule has 0 saturated heterocycles. The van der Waals surface area contributed by atoms with Gasteiger partial charge >= 0.3 is 0 Å². The van der Waals surface area contributed by atoms with E-state index in [9.17, 15) is 4.79 Å². The average molecular weight is 226 g/mol. The lowest BCUT2D eigenvalue weighted by molar-refractivity contribution is -0.116. The van der Waals surface area contributed by atoms with E-state index in [0.717, 1.165) is 11.1 Å². The molecule has 0 radical (unpaired) electrons. The van der Waals surface area contributed by atoms with Gasteiger partial charge in [-0.2, -0.15) is 5.26 Å². The van der Waals surface area contributed by atoms with Gasteiger partial charge in [-0.25, -0.2) is 0 Å². The second-order valence-electron chi connectivity index (χ2n) is 3.58. The summed E-state index contributed by atoms with van der Waals surface area (Å²) in [7, 11) is 0. The summed E-state index contributed by atoms with van der Waals surface area (Å²) >= 11 is 0. The Balaban J connectivity index is 2.91. The summed E-state index contributed by atoms with van der Waals surface area (Å²) in [5, 5.41) is 11.5. The molecule has 0 aliphatic rings. The molecule has 0 bridgehead atoms. The van der Waals surface area contributed by atoms with Crippen LogP contribution in [-0.4, -0.2) is 12.5 Å². The van der Waals surface area contributed by atoms with Gasteiger partial charge < -0.3 is 5.32 Å². The van der Waals surface area contributed by atoms with Crippen molar-refractivity contribution in [2.45, 2.75) is 6.92 Å². The van der Waals surface area contributed by atoms with Gasteiger partial charge in [0.2, 0.25) is 0 Å². The monoisotopic (exact) mass is 226 g/mol. The van der Waals surface area contributed by atoms with Gasteiger partial charge in [0.15, 0.2) is 0 Å². The minimum absolute atomic E-state index is 0.0949. The van der Waals surface area contributed by atoms with Crippen molar-refractivity contribution in [1.29, 1.82) is 5.26 Å². The molecular formula is C14H14N2O. The fourth-order valence-corrected chi connectivity index (χ4v) is 1.34. The Morgan fingerprint density at radius 2 is 2.35 bits per heavy atom. The number of nitrogens with zero attached hydrogens (tertiary/aromatic N) is 1. The molecule has 1 aromatic carbocycles. The molecule has 1 rings (SSSR count). The normalized spacial score (nSPS) is 10.5. The minimum Gasteiger partial charge on any atom is -0.348 e. The van der Waals surface area contributed by atoms with Gasteiger partial charge in [0.1, 0.15) is 11.6 Å². The first-order valence-electron chi connectivity index (χ1n) is 5.25. The standard InChI is InChI=1S/C14H14N2O/c1-3-7-16-14(17)13(10-15)9-12-6-4-5-11(2)8-12/h3-6,8-9H,1,7H2,2H3,(H,16,17)/b13-9+. The second kappa shape index (κ2) is 6.29. The molecule has 3 nitrogen and oxygen atoms in total. The summed E-state index contributed by atoms with van der Waals surface area (Å²) in [5.41, 5.74) is 2.02. The van der Waals surface area contributed by atoms with Gasteiger partial charge in [-0.15, -0.1) is 6.58 Å². The molecule has 0 spiro atoms. The number of carbonyl (C=O) groups is 1. The number of aryl methyl sites for hydroxylation is 1. The molecule has 1 aromatic rings. The summed E-state index contributed by atoms with van der Waals surface area (Å²) in [5.74, 6) is -0.381. The second-order valence-corrected chi connectivity index (χ2v) is 3.58. The van der Waals surface area contributed by atoms with E-state index >= 15 is 0 Å². The van der Waals surface area contributed by atoms with E-state index in [1.165, 1.54) is 0 Å². The molecule has 0 unspecified atom stereocenters. The first-order valence-corrected chi connectivity index (χ1v) is 5.25. The van der Waals surface area contributed by atoms with Crippen LogP contribution in [0.4, 0.5) is 0 Å². The van der Waals surface area contributed by atoms with Gasteiger partial charge in [-0.1, -0.05) is 35.9 Å². The predicted molar refractivity (Wildman–Crippen MR) is 68.0 cm³/mol. The Hall–Kier alpha value is -2.34. The maximum Gasteiger partial charge on any atom is 0.262 e. The minimum atomic E-state index is -0.381. The van der Waals surface area contributed by atoms with Crippen molar-refractivity contribution in [1.82, 2.24) is 5.32 Å². The Morgan fingerprint density at radius 1 is 1.59 bits per heavy atom. The SMILES string of the molecule is C=CCNC(=O)/C(C#N)=C/c1cccc(C)c1. The van der Waals surface area contributed by atoms with Crippen LogP contribution in [0.1, 0.15) is 11.1 Å². The molecule has 17 heavy (non-hydrogen) atoms. The summed E-state index contributed by atoms with van der Waals surface area (Å²) in [4.78, 5) is 11.6. The topological polar surface area (TPSA) is 52.9 Å². The van der Waals surface area contributed by atoms with Crippen molar-refractivity contribution >= 4 is 12.0 Å². The number of amides is 1. The van der Waals surface area contributed by atoms with Crippen LogP contribution in [0.25, 0.3) is 6.08 Å². The zero-order chi connectivity index (χ0) is 12.7. The van der Waals surface area contributed by atoms with Crippen molar-refractivity contribution in [3.63, 3.8) is 0 Å². The molecule has 1 amide bonds. The highest BCUT2D eigenvalue weighted by molar-refractivity contribution is 6.01. The van der Waals surface area contributed by atoms with Crippen LogP contribution < -0.4 is 5.32 Å². The third kappa shape index (κ3) is 3.96. The van der Waals surface area contributed by atoms with Gasteiger partial charge in [0.05, 0.1) is 0 Å². The number of hydrogen-bond donors (Lipinski definition) is 1. The van der Waals surface area contributed by atoms with Gasteiger partial charge in [-0.3, -0.25) is 4.79 Å². The average Bonchev–Trinajstić information content (AvgIpc) is 2.33. The summed E-state index contributed by atoms with van der Waals surface area (Å²) < 4.78 is 0. The molecule has 0 atom stereocenters. The highest BCUT2D eigenvalue weighted by Gasteiger charge is 2.07. The number of hydrogen-bond acceptors (Lipinski definition) is 2. The Morgan fingerprint density at radius 3 is 2.94 bits per heavy atom. The molecular weight excluding hydrogens is 212 g/mol. The molecule has 1 N–H and O–H groups in total. The maximum atomic E-state index is 11.6. The van der Waals surface area contributed by atoms with Crippen LogP contribution >= 0.6 is 0 Å². The zero-order valence-corrected chi connectivity index (χ0v) is 9.73. The fourth-order valence-electron chi connectivity index (χ4n) is 1.34. The number of carbonyl (C=O) groups excluding carboxylic acids is 1. The highest BCUT2D eigenvalue weighted by Crippen LogP contribution is 2.09. The lowest BCUT2D eigenvalue weighted by Gasteiger charge is -2.01. The summed E-state index contributed by atoms with van der Waals surface area (Å²) in [6.45, 7) is 5.81. The van der Waals surface area contributed by atoms with E-state index in [1.54, 1.807) is 12.2 Å². The first-order chi connectivity index (χ1) is 8.17. The lowest BCUT2D eigenvalue weighted by Crippen LogP contribution is -2.24. The van der Waals surface area contributed by atoms with Crippen LogP contribution in [0.15, 0.2) is 42.5 Å².